The summed E-state index contributed by atoms with van der Waals surface area (Å²) in [7, 11) is 0. The Hall–Kier alpha value is -0.940. The number of aromatic nitrogens is 3. The number of fused-ring (bicyclic) bond motifs is 3. The minimum atomic E-state index is 0.653. The Morgan fingerprint density at radius 2 is 2.58 bits per heavy atom. The highest BCUT2D eigenvalue weighted by Gasteiger charge is 2.16. The molecule has 2 aromatic rings. The van der Waals surface area contributed by atoms with Crippen LogP contribution in [0.2, 0.25) is 0 Å². The van der Waals surface area contributed by atoms with E-state index in [1.807, 2.05) is 10.2 Å². The average Bonchev–Trinajstić information content (AvgIpc) is 2.62. The highest BCUT2D eigenvalue weighted by Crippen LogP contribution is 2.22. The van der Waals surface area contributed by atoms with Gasteiger partial charge in [-0.3, -0.25) is 4.68 Å². The van der Waals surface area contributed by atoms with E-state index >= 15 is 0 Å². The highest BCUT2D eigenvalue weighted by atomic mass is 32.1. The minimum Gasteiger partial charge on any atom is -0.373 e. The zero-order chi connectivity index (χ0) is 7.97. The SMILES string of the molecule is c1nc2c3n(nc2s1)CCOC3. The smallest absolute Gasteiger partial charge is 0.165 e. The Bertz CT molecular complexity index is 419. The Morgan fingerprint density at radius 3 is 3.58 bits per heavy atom. The molecular formula is C7H7N3OS. The third-order valence-electron chi connectivity index (χ3n) is 2.03. The maximum absolute atomic E-state index is 5.34. The predicted molar refractivity (Wildman–Crippen MR) is 45.1 cm³/mol. The van der Waals surface area contributed by atoms with Gasteiger partial charge in [0.25, 0.3) is 0 Å². The Balaban J connectivity index is 2.34. The first kappa shape index (κ1) is 6.56. The summed E-state index contributed by atoms with van der Waals surface area (Å²) >= 11 is 1.58. The van der Waals surface area contributed by atoms with E-state index in [4.69, 9.17) is 4.74 Å². The van der Waals surface area contributed by atoms with Gasteiger partial charge in [-0.15, -0.1) is 11.3 Å². The van der Waals surface area contributed by atoms with Gasteiger partial charge < -0.3 is 4.74 Å². The van der Waals surface area contributed by atoms with Gasteiger partial charge in [-0.05, 0) is 0 Å². The maximum Gasteiger partial charge on any atom is 0.165 e. The summed E-state index contributed by atoms with van der Waals surface area (Å²) in [4.78, 5) is 5.27. The van der Waals surface area contributed by atoms with Crippen LogP contribution in [-0.2, 0) is 17.9 Å². The van der Waals surface area contributed by atoms with Gasteiger partial charge in [0.2, 0.25) is 0 Å². The second-order valence-corrected chi connectivity index (χ2v) is 3.56. The van der Waals surface area contributed by atoms with Crippen molar-refractivity contribution in [1.29, 1.82) is 0 Å². The van der Waals surface area contributed by atoms with Crippen molar-refractivity contribution in [2.75, 3.05) is 6.61 Å². The van der Waals surface area contributed by atoms with E-state index in [0.29, 0.717) is 6.61 Å². The molecule has 0 spiro atoms. The first-order chi connectivity index (χ1) is 5.95. The van der Waals surface area contributed by atoms with Crippen molar-refractivity contribution in [3.63, 3.8) is 0 Å². The molecule has 2 aromatic heterocycles. The van der Waals surface area contributed by atoms with Crippen molar-refractivity contribution in [3.05, 3.63) is 11.2 Å². The van der Waals surface area contributed by atoms with E-state index in [0.717, 1.165) is 29.2 Å². The van der Waals surface area contributed by atoms with Crippen molar-refractivity contribution >= 4 is 21.7 Å². The molecule has 0 aromatic carbocycles. The second kappa shape index (κ2) is 2.27. The standard InChI is InChI=1S/C7H7N3OS/c1-2-11-3-5-6-7(9-10(1)5)12-4-8-6/h4H,1-3H2. The number of hydrogen-bond acceptors (Lipinski definition) is 4. The van der Waals surface area contributed by atoms with Gasteiger partial charge in [-0.1, -0.05) is 0 Å². The molecule has 12 heavy (non-hydrogen) atoms. The predicted octanol–water partition coefficient (Wildman–Crippen LogP) is 1.02. The molecule has 0 N–H and O–H groups in total. The summed E-state index contributed by atoms with van der Waals surface area (Å²) < 4.78 is 7.33. The molecule has 0 saturated heterocycles. The molecule has 1 aliphatic rings. The summed E-state index contributed by atoms with van der Waals surface area (Å²) in [5.74, 6) is 0. The van der Waals surface area contributed by atoms with Crippen LogP contribution in [-0.4, -0.2) is 21.4 Å². The van der Waals surface area contributed by atoms with E-state index in [1.54, 1.807) is 11.3 Å². The highest BCUT2D eigenvalue weighted by molar-refractivity contribution is 7.16. The van der Waals surface area contributed by atoms with Crippen LogP contribution in [0.3, 0.4) is 0 Å². The van der Waals surface area contributed by atoms with E-state index in [-0.39, 0.29) is 0 Å². The van der Waals surface area contributed by atoms with Crippen LogP contribution in [0.25, 0.3) is 10.3 Å². The van der Waals surface area contributed by atoms with Gasteiger partial charge in [-0.2, -0.15) is 5.10 Å². The molecule has 62 valence electrons. The molecule has 5 heteroatoms. The zero-order valence-electron chi connectivity index (χ0n) is 6.36. The zero-order valence-corrected chi connectivity index (χ0v) is 7.17. The van der Waals surface area contributed by atoms with Crippen LogP contribution in [0, 0.1) is 0 Å². The Kier molecular flexibility index (Phi) is 1.24. The lowest BCUT2D eigenvalue weighted by Crippen LogP contribution is -2.17. The Labute approximate surface area is 72.8 Å². The van der Waals surface area contributed by atoms with Crippen molar-refractivity contribution < 1.29 is 4.74 Å². The Morgan fingerprint density at radius 1 is 1.58 bits per heavy atom. The van der Waals surface area contributed by atoms with Crippen molar-refractivity contribution in [2.45, 2.75) is 13.2 Å². The minimum absolute atomic E-state index is 0.653. The van der Waals surface area contributed by atoms with E-state index in [2.05, 4.69) is 10.1 Å². The molecule has 4 nitrogen and oxygen atoms in total. The van der Waals surface area contributed by atoms with Crippen LogP contribution >= 0.6 is 11.3 Å². The molecule has 0 aliphatic carbocycles. The van der Waals surface area contributed by atoms with Gasteiger partial charge >= 0.3 is 0 Å². The fraction of sp³-hybridized carbons (Fsp3) is 0.429. The van der Waals surface area contributed by atoms with Crippen LogP contribution in [0.4, 0.5) is 0 Å². The van der Waals surface area contributed by atoms with Crippen LogP contribution in [0.5, 0.6) is 0 Å². The topological polar surface area (TPSA) is 39.9 Å². The molecule has 0 amide bonds. The quantitative estimate of drug-likeness (QED) is 0.609. The number of thiazole rings is 1. The number of rotatable bonds is 0. The third kappa shape index (κ3) is 0.748. The van der Waals surface area contributed by atoms with Gasteiger partial charge in [0.1, 0.15) is 5.52 Å². The lowest BCUT2D eigenvalue weighted by molar-refractivity contribution is 0.0810. The largest absolute Gasteiger partial charge is 0.373 e. The van der Waals surface area contributed by atoms with Gasteiger partial charge in [-0.25, -0.2) is 4.98 Å². The number of nitrogens with zero attached hydrogens (tertiary/aromatic N) is 3. The van der Waals surface area contributed by atoms with Gasteiger partial charge in [0.05, 0.1) is 31.0 Å². The average molecular weight is 181 g/mol. The monoisotopic (exact) mass is 181 g/mol. The lowest BCUT2D eigenvalue weighted by Gasteiger charge is -2.13. The third-order valence-corrected chi connectivity index (χ3v) is 2.74. The van der Waals surface area contributed by atoms with Crippen LogP contribution in [0.15, 0.2) is 5.51 Å². The molecule has 0 unspecified atom stereocenters. The lowest BCUT2D eigenvalue weighted by atomic mass is 10.4. The van der Waals surface area contributed by atoms with E-state index < -0.39 is 0 Å². The first-order valence-electron chi connectivity index (χ1n) is 3.82. The summed E-state index contributed by atoms with van der Waals surface area (Å²) in [6, 6.07) is 0. The molecule has 3 heterocycles. The summed E-state index contributed by atoms with van der Waals surface area (Å²) in [5, 5.41) is 4.41. The molecule has 0 fully saturated rings. The van der Waals surface area contributed by atoms with Crippen LogP contribution in [0.1, 0.15) is 5.69 Å². The number of ether oxygens (including phenoxy) is 1. The summed E-state index contributed by atoms with van der Waals surface area (Å²) in [5.41, 5.74) is 3.96. The second-order valence-electron chi connectivity index (χ2n) is 2.73. The molecule has 0 atom stereocenters. The van der Waals surface area contributed by atoms with Gasteiger partial charge in [0.15, 0.2) is 4.83 Å². The summed E-state index contributed by atoms with van der Waals surface area (Å²) in [6.07, 6.45) is 0. The van der Waals surface area contributed by atoms with Gasteiger partial charge in [0, 0.05) is 0 Å². The molecule has 1 aliphatic heterocycles. The van der Waals surface area contributed by atoms with Crippen LogP contribution < -0.4 is 0 Å². The maximum atomic E-state index is 5.34. The fourth-order valence-electron chi connectivity index (χ4n) is 1.45. The number of hydrogen-bond donors (Lipinski definition) is 0. The molecular weight excluding hydrogens is 174 g/mol. The fourth-order valence-corrected chi connectivity index (χ4v) is 2.13. The molecule has 3 rings (SSSR count). The van der Waals surface area contributed by atoms with E-state index in [9.17, 15) is 0 Å². The van der Waals surface area contributed by atoms with Crippen molar-refractivity contribution in [2.24, 2.45) is 0 Å². The normalized spacial score (nSPS) is 16.7. The molecule has 0 bridgehead atoms. The van der Waals surface area contributed by atoms with Crippen molar-refractivity contribution in [3.8, 4) is 0 Å². The van der Waals surface area contributed by atoms with E-state index in [1.165, 1.54) is 0 Å². The summed E-state index contributed by atoms with van der Waals surface area (Å²) in [6.45, 7) is 2.28. The van der Waals surface area contributed by atoms with Crippen molar-refractivity contribution in [1.82, 2.24) is 14.8 Å². The first-order valence-corrected chi connectivity index (χ1v) is 4.70. The molecule has 0 saturated carbocycles. The molecule has 0 radical (unpaired) electrons.